The molecule has 11 heteroatoms. The third-order valence-corrected chi connectivity index (χ3v) is 3.61. The van der Waals surface area contributed by atoms with E-state index in [1.807, 2.05) is 0 Å². The Morgan fingerprint density at radius 1 is 1.40 bits per heavy atom. The first-order valence-electron chi connectivity index (χ1n) is 4.76. The molecule has 0 unspecified atom stereocenters. The minimum atomic E-state index is -4.75. The summed E-state index contributed by atoms with van der Waals surface area (Å²) in [6.07, 6.45) is -4.75. The minimum Gasteiger partial charge on any atom is -0.479 e. The number of sulfonamides is 1. The minimum absolute atomic E-state index is 0.314. The quantitative estimate of drug-likeness (QED) is 0.799. The van der Waals surface area contributed by atoms with Crippen LogP contribution in [0, 0.1) is 0 Å². The molecular weight excluding hydrogens is 327 g/mol. The standard InChI is InChI=1S/C9H7ClF3NO5S/c10-6-2-1-5(9(11,12)13)3-7(6)20(17,18)14-19-4-8(15)16/h1-3,14H,4H2,(H,15,16). The van der Waals surface area contributed by atoms with Gasteiger partial charge in [-0.05, 0) is 18.2 Å². The predicted molar refractivity (Wildman–Crippen MR) is 60.4 cm³/mol. The molecule has 0 saturated heterocycles. The van der Waals surface area contributed by atoms with Crippen LogP contribution in [0.15, 0.2) is 23.1 Å². The molecule has 2 N–H and O–H groups in total. The van der Waals surface area contributed by atoms with Gasteiger partial charge in [0.05, 0.1) is 10.6 Å². The fraction of sp³-hybridized carbons (Fsp3) is 0.222. The van der Waals surface area contributed by atoms with E-state index in [9.17, 15) is 26.4 Å². The summed E-state index contributed by atoms with van der Waals surface area (Å²) in [5, 5.41) is 7.78. The number of carbonyl (C=O) groups is 1. The first-order chi connectivity index (χ1) is 9.04. The molecule has 0 atom stereocenters. The molecule has 6 nitrogen and oxygen atoms in total. The maximum absolute atomic E-state index is 12.5. The number of carboxylic acid groups (broad SMARTS) is 1. The first kappa shape index (κ1) is 16.7. The number of rotatable bonds is 5. The van der Waals surface area contributed by atoms with E-state index in [1.54, 1.807) is 0 Å². The van der Waals surface area contributed by atoms with E-state index in [4.69, 9.17) is 16.7 Å². The summed E-state index contributed by atoms with van der Waals surface area (Å²) in [5.74, 6) is -1.47. The van der Waals surface area contributed by atoms with Gasteiger partial charge < -0.3 is 5.11 Å². The lowest BCUT2D eigenvalue weighted by Crippen LogP contribution is -2.27. The van der Waals surface area contributed by atoms with Crippen molar-refractivity contribution in [1.29, 1.82) is 0 Å². The van der Waals surface area contributed by atoms with Crippen LogP contribution in [0.1, 0.15) is 5.56 Å². The zero-order valence-corrected chi connectivity index (χ0v) is 11.0. The molecule has 0 radical (unpaired) electrons. The summed E-state index contributed by atoms with van der Waals surface area (Å²) in [6.45, 7) is -1.00. The second-order valence-corrected chi connectivity index (χ2v) is 5.43. The van der Waals surface area contributed by atoms with Crippen molar-refractivity contribution in [3.8, 4) is 0 Å². The molecule has 0 fully saturated rings. The molecule has 0 heterocycles. The Kier molecular flexibility index (Phi) is 4.97. The fourth-order valence-corrected chi connectivity index (χ4v) is 2.43. The van der Waals surface area contributed by atoms with Crippen LogP contribution in [0.4, 0.5) is 13.2 Å². The molecule has 1 aromatic rings. The van der Waals surface area contributed by atoms with Crippen LogP contribution in [-0.2, 0) is 25.8 Å². The number of nitrogens with one attached hydrogen (secondary N) is 1. The maximum Gasteiger partial charge on any atom is 0.416 e. The lowest BCUT2D eigenvalue weighted by Gasteiger charge is -2.11. The van der Waals surface area contributed by atoms with Crippen molar-refractivity contribution in [2.75, 3.05) is 6.61 Å². The van der Waals surface area contributed by atoms with Gasteiger partial charge in [0.1, 0.15) is 4.90 Å². The molecule has 1 aromatic carbocycles. The molecular formula is C9H7ClF3NO5S. The van der Waals surface area contributed by atoms with E-state index in [-0.39, 0.29) is 0 Å². The number of aliphatic carboxylic acids is 1. The Bertz CT molecular complexity index is 616. The maximum atomic E-state index is 12.5. The zero-order chi connectivity index (χ0) is 15.6. The number of benzene rings is 1. The molecule has 1 rings (SSSR count). The highest BCUT2D eigenvalue weighted by atomic mass is 35.5. The van der Waals surface area contributed by atoms with Crippen molar-refractivity contribution in [2.45, 2.75) is 11.1 Å². The van der Waals surface area contributed by atoms with Gasteiger partial charge in [-0.15, -0.1) is 0 Å². The average Bonchev–Trinajstić information content (AvgIpc) is 2.26. The van der Waals surface area contributed by atoms with Gasteiger partial charge in [-0.25, -0.2) is 13.2 Å². The van der Waals surface area contributed by atoms with Gasteiger partial charge in [0.2, 0.25) is 0 Å². The molecule has 112 valence electrons. The predicted octanol–water partition coefficient (Wildman–Crippen LogP) is 1.65. The lowest BCUT2D eigenvalue weighted by molar-refractivity contribution is -0.143. The third kappa shape index (κ3) is 4.34. The topological polar surface area (TPSA) is 92.7 Å². The van der Waals surface area contributed by atoms with Gasteiger partial charge in [0.25, 0.3) is 10.0 Å². The third-order valence-electron chi connectivity index (χ3n) is 1.91. The van der Waals surface area contributed by atoms with Gasteiger partial charge in [-0.3, -0.25) is 4.84 Å². The summed E-state index contributed by atoms with van der Waals surface area (Å²) in [7, 11) is -4.54. The van der Waals surface area contributed by atoms with Crippen LogP contribution in [0.5, 0.6) is 0 Å². The molecule has 0 aliphatic carbocycles. The van der Waals surface area contributed by atoms with Crippen molar-refractivity contribution in [3.05, 3.63) is 28.8 Å². The van der Waals surface area contributed by atoms with Crippen molar-refractivity contribution in [1.82, 2.24) is 4.89 Å². The van der Waals surface area contributed by atoms with Crippen LogP contribution in [0.2, 0.25) is 5.02 Å². The number of hydrogen-bond donors (Lipinski definition) is 2. The average molecular weight is 334 g/mol. The molecule has 20 heavy (non-hydrogen) atoms. The molecule has 0 aromatic heterocycles. The Balaban J connectivity index is 3.08. The van der Waals surface area contributed by atoms with E-state index in [0.29, 0.717) is 12.1 Å². The second kappa shape index (κ2) is 5.95. The summed E-state index contributed by atoms with van der Waals surface area (Å²) >= 11 is 5.51. The van der Waals surface area contributed by atoms with E-state index < -0.39 is 44.3 Å². The largest absolute Gasteiger partial charge is 0.479 e. The summed E-state index contributed by atoms with van der Waals surface area (Å²) in [5.41, 5.74) is -1.22. The highest BCUT2D eigenvalue weighted by molar-refractivity contribution is 7.89. The monoisotopic (exact) mass is 333 g/mol. The highest BCUT2D eigenvalue weighted by Gasteiger charge is 2.32. The normalized spacial score (nSPS) is 12.4. The summed E-state index contributed by atoms with van der Waals surface area (Å²) in [4.78, 5) is 14.7. The van der Waals surface area contributed by atoms with Crippen LogP contribution in [0.25, 0.3) is 0 Å². The van der Waals surface area contributed by atoms with Crippen molar-refractivity contribution in [2.24, 2.45) is 0 Å². The Labute approximate surface area is 116 Å². The molecule has 0 saturated carbocycles. The van der Waals surface area contributed by atoms with Crippen LogP contribution >= 0.6 is 11.6 Å². The number of hydrogen-bond acceptors (Lipinski definition) is 4. The fourth-order valence-electron chi connectivity index (χ4n) is 1.10. The number of alkyl halides is 3. The summed E-state index contributed by atoms with van der Waals surface area (Å²) in [6, 6.07) is 1.68. The number of carboxylic acids is 1. The van der Waals surface area contributed by atoms with Crippen LogP contribution in [0.3, 0.4) is 0 Å². The Hall–Kier alpha value is -1.36. The molecule has 0 aliphatic rings. The first-order valence-corrected chi connectivity index (χ1v) is 6.62. The van der Waals surface area contributed by atoms with E-state index in [2.05, 4.69) is 4.84 Å². The highest BCUT2D eigenvalue weighted by Crippen LogP contribution is 2.33. The van der Waals surface area contributed by atoms with Crippen molar-refractivity contribution >= 4 is 27.6 Å². The van der Waals surface area contributed by atoms with Crippen LogP contribution < -0.4 is 4.89 Å². The molecule has 0 bridgehead atoms. The lowest BCUT2D eigenvalue weighted by atomic mass is 10.2. The van der Waals surface area contributed by atoms with Gasteiger partial charge in [-0.1, -0.05) is 16.5 Å². The summed E-state index contributed by atoms with van der Waals surface area (Å²) < 4.78 is 60.7. The van der Waals surface area contributed by atoms with Crippen LogP contribution in [-0.4, -0.2) is 26.1 Å². The van der Waals surface area contributed by atoms with E-state index in [1.165, 1.54) is 4.89 Å². The van der Waals surface area contributed by atoms with Gasteiger partial charge in [-0.2, -0.15) is 13.2 Å². The zero-order valence-electron chi connectivity index (χ0n) is 9.44. The molecule has 0 amide bonds. The molecule has 0 spiro atoms. The van der Waals surface area contributed by atoms with Gasteiger partial charge in [0.15, 0.2) is 6.61 Å². The van der Waals surface area contributed by atoms with Gasteiger partial charge >= 0.3 is 12.1 Å². The number of halogens is 4. The van der Waals surface area contributed by atoms with E-state index >= 15 is 0 Å². The van der Waals surface area contributed by atoms with Crippen molar-refractivity contribution < 1.29 is 36.3 Å². The Morgan fingerprint density at radius 3 is 2.50 bits per heavy atom. The molecule has 0 aliphatic heterocycles. The second-order valence-electron chi connectivity index (χ2n) is 3.41. The van der Waals surface area contributed by atoms with E-state index in [0.717, 1.165) is 6.07 Å². The smallest absolute Gasteiger partial charge is 0.416 e. The SMILES string of the molecule is O=C(O)CONS(=O)(=O)c1cc(C(F)(F)F)ccc1Cl. The Morgan fingerprint density at radius 2 is 2.00 bits per heavy atom. The van der Waals surface area contributed by atoms with Gasteiger partial charge in [0, 0.05) is 0 Å². The van der Waals surface area contributed by atoms with Crippen molar-refractivity contribution in [3.63, 3.8) is 0 Å².